The van der Waals surface area contributed by atoms with Crippen LogP contribution in [0.15, 0.2) is 6.20 Å². The average Bonchev–Trinajstić information content (AvgIpc) is 2.74. The monoisotopic (exact) mass is 243 g/mol. The van der Waals surface area contributed by atoms with E-state index in [1.807, 2.05) is 4.68 Å². The van der Waals surface area contributed by atoms with Crippen molar-refractivity contribution in [2.24, 2.45) is 5.73 Å². The quantitative estimate of drug-likeness (QED) is 0.721. The predicted octanol–water partition coefficient (Wildman–Crippen LogP) is 0.920. The normalized spacial score (nSPS) is 13.1. The Morgan fingerprint density at radius 3 is 2.47 bits per heavy atom. The SMILES string of the molecule is CCCn1ncc(OC)c1C(N)C(OC)OC. The van der Waals surface area contributed by atoms with Gasteiger partial charge in [-0.15, -0.1) is 0 Å². The number of hydrogen-bond acceptors (Lipinski definition) is 5. The summed E-state index contributed by atoms with van der Waals surface area (Å²) in [7, 11) is 4.71. The molecule has 1 heterocycles. The Kier molecular flexibility index (Phi) is 5.40. The lowest BCUT2D eigenvalue weighted by molar-refractivity contribution is -0.118. The Labute approximate surface area is 102 Å². The Hall–Kier alpha value is -1.11. The zero-order valence-corrected chi connectivity index (χ0v) is 10.8. The molecular weight excluding hydrogens is 222 g/mol. The maximum atomic E-state index is 6.12. The molecule has 1 atom stereocenters. The summed E-state index contributed by atoms with van der Waals surface area (Å²) in [5.41, 5.74) is 6.92. The van der Waals surface area contributed by atoms with Crippen LogP contribution in [0.2, 0.25) is 0 Å². The first-order chi connectivity index (χ1) is 8.19. The maximum absolute atomic E-state index is 6.12. The van der Waals surface area contributed by atoms with Gasteiger partial charge in [0.25, 0.3) is 0 Å². The summed E-state index contributed by atoms with van der Waals surface area (Å²) in [6.45, 7) is 2.86. The van der Waals surface area contributed by atoms with Crippen LogP contribution in [0.4, 0.5) is 0 Å². The molecule has 17 heavy (non-hydrogen) atoms. The number of nitrogens with two attached hydrogens (primary N) is 1. The molecule has 0 aliphatic carbocycles. The van der Waals surface area contributed by atoms with Crippen molar-refractivity contribution in [3.8, 4) is 5.75 Å². The van der Waals surface area contributed by atoms with Gasteiger partial charge in [-0.05, 0) is 6.42 Å². The molecule has 0 saturated heterocycles. The lowest BCUT2D eigenvalue weighted by Crippen LogP contribution is -2.32. The van der Waals surface area contributed by atoms with Gasteiger partial charge in [0.1, 0.15) is 11.7 Å². The molecule has 98 valence electrons. The molecule has 6 heteroatoms. The number of hydrogen-bond donors (Lipinski definition) is 1. The van der Waals surface area contributed by atoms with Gasteiger partial charge < -0.3 is 19.9 Å². The first kappa shape index (κ1) is 14.0. The zero-order chi connectivity index (χ0) is 12.8. The van der Waals surface area contributed by atoms with Crippen molar-refractivity contribution in [3.05, 3.63) is 11.9 Å². The topological polar surface area (TPSA) is 71.5 Å². The van der Waals surface area contributed by atoms with E-state index in [0.717, 1.165) is 18.7 Å². The fourth-order valence-electron chi connectivity index (χ4n) is 1.78. The number of nitrogens with zero attached hydrogens (tertiary/aromatic N) is 2. The molecule has 1 aromatic rings. The molecule has 0 aliphatic rings. The molecule has 1 aromatic heterocycles. The highest BCUT2D eigenvalue weighted by Crippen LogP contribution is 2.27. The van der Waals surface area contributed by atoms with Crippen molar-refractivity contribution in [1.29, 1.82) is 0 Å². The molecule has 0 radical (unpaired) electrons. The predicted molar refractivity (Wildman–Crippen MR) is 63.8 cm³/mol. The maximum Gasteiger partial charge on any atom is 0.177 e. The molecule has 0 saturated carbocycles. The van der Waals surface area contributed by atoms with E-state index in [9.17, 15) is 0 Å². The molecule has 0 amide bonds. The van der Waals surface area contributed by atoms with Gasteiger partial charge in [0.2, 0.25) is 0 Å². The van der Waals surface area contributed by atoms with E-state index in [-0.39, 0.29) is 0 Å². The minimum atomic E-state index is -0.517. The van der Waals surface area contributed by atoms with Gasteiger partial charge in [0.05, 0.1) is 13.3 Å². The van der Waals surface area contributed by atoms with Gasteiger partial charge in [-0.25, -0.2) is 0 Å². The van der Waals surface area contributed by atoms with Crippen molar-refractivity contribution in [2.75, 3.05) is 21.3 Å². The molecule has 0 bridgehead atoms. The van der Waals surface area contributed by atoms with Crippen LogP contribution in [0, 0.1) is 0 Å². The number of aryl methyl sites for hydroxylation is 1. The second-order valence-corrected chi connectivity index (χ2v) is 3.69. The molecule has 0 spiro atoms. The van der Waals surface area contributed by atoms with Crippen LogP contribution in [0.3, 0.4) is 0 Å². The molecule has 0 aliphatic heterocycles. The lowest BCUT2D eigenvalue weighted by Gasteiger charge is -2.22. The van der Waals surface area contributed by atoms with Crippen molar-refractivity contribution in [1.82, 2.24) is 9.78 Å². The third-order valence-corrected chi connectivity index (χ3v) is 2.57. The largest absolute Gasteiger partial charge is 0.493 e. The van der Waals surface area contributed by atoms with E-state index in [2.05, 4.69) is 12.0 Å². The number of methoxy groups -OCH3 is 3. The van der Waals surface area contributed by atoms with Gasteiger partial charge in [-0.2, -0.15) is 5.10 Å². The fraction of sp³-hybridized carbons (Fsp3) is 0.727. The zero-order valence-electron chi connectivity index (χ0n) is 10.8. The highest BCUT2D eigenvalue weighted by molar-refractivity contribution is 5.28. The van der Waals surface area contributed by atoms with Crippen molar-refractivity contribution in [2.45, 2.75) is 32.2 Å². The highest BCUT2D eigenvalue weighted by Gasteiger charge is 2.26. The second-order valence-electron chi connectivity index (χ2n) is 3.69. The molecule has 6 nitrogen and oxygen atoms in total. The summed E-state index contributed by atoms with van der Waals surface area (Å²) >= 11 is 0. The lowest BCUT2D eigenvalue weighted by atomic mass is 10.2. The highest BCUT2D eigenvalue weighted by atomic mass is 16.7. The molecule has 1 rings (SSSR count). The van der Waals surface area contributed by atoms with E-state index in [1.165, 1.54) is 0 Å². The molecular formula is C11H21N3O3. The first-order valence-electron chi connectivity index (χ1n) is 5.60. The van der Waals surface area contributed by atoms with Crippen LogP contribution >= 0.6 is 0 Å². The van der Waals surface area contributed by atoms with Crippen LogP contribution in [0.5, 0.6) is 5.75 Å². The fourth-order valence-corrected chi connectivity index (χ4v) is 1.78. The van der Waals surface area contributed by atoms with Crippen LogP contribution in [-0.4, -0.2) is 37.4 Å². The minimum absolute atomic E-state index is 0.436. The molecule has 2 N–H and O–H groups in total. The molecule has 0 fully saturated rings. The van der Waals surface area contributed by atoms with Gasteiger partial charge in [0.15, 0.2) is 12.0 Å². The summed E-state index contributed by atoms with van der Waals surface area (Å²) in [5.74, 6) is 0.657. The summed E-state index contributed by atoms with van der Waals surface area (Å²) in [5, 5.41) is 4.25. The van der Waals surface area contributed by atoms with E-state index in [0.29, 0.717) is 5.75 Å². The van der Waals surface area contributed by atoms with Gasteiger partial charge >= 0.3 is 0 Å². The van der Waals surface area contributed by atoms with Crippen LogP contribution < -0.4 is 10.5 Å². The Bertz CT molecular complexity index is 337. The Morgan fingerprint density at radius 1 is 1.35 bits per heavy atom. The van der Waals surface area contributed by atoms with E-state index < -0.39 is 12.3 Å². The standard InChI is InChI=1S/C11H21N3O3/c1-5-6-14-10(8(15-2)7-13-14)9(12)11(16-3)17-4/h7,9,11H,5-6,12H2,1-4H3. The Balaban J connectivity index is 3.03. The van der Waals surface area contributed by atoms with E-state index >= 15 is 0 Å². The summed E-state index contributed by atoms with van der Waals surface area (Å²) in [6, 6.07) is -0.436. The van der Waals surface area contributed by atoms with Gasteiger partial charge in [0, 0.05) is 20.8 Å². The van der Waals surface area contributed by atoms with Gasteiger partial charge in [-0.1, -0.05) is 6.92 Å². The first-order valence-corrected chi connectivity index (χ1v) is 5.60. The summed E-state index contributed by atoms with van der Waals surface area (Å²) < 4.78 is 17.4. The van der Waals surface area contributed by atoms with Gasteiger partial charge in [-0.3, -0.25) is 4.68 Å². The third kappa shape index (κ3) is 2.96. The molecule has 0 aromatic carbocycles. The van der Waals surface area contributed by atoms with E-state index in [1.54, 1.807) is 27.5 Å². The number of ether oxygens (including phenoxy) is 3. The minimum Gasteiger partial charge on any atom is -0.493 e. The smallest absolute Gasteiger partial charge is 0.177 e. The van der Waals surface area contributed by atoms with Crippen LogP contribution in [0.1, 0.15) is 25.1 Å². The van der Waals surface area contributed by atoms with E-state index in [4.69, 9.17) is 19.9 Å². The average molecular weight is 243 g/mol. The van der Waals surface area contributed by atoms with Crippen molar-refractivity contribution >= 4 is 0 Å². The number of aromatic nitrogens is 2. The van der Waals surface area contributed by atoms with Crippen molar-refractivity contribution in [3.63, 3.8) is 0 Å². The molecule has 1 unspecified atom stereocenters. The van der Waals surface area contributed by atoms with Crippen molar-refractivity contribution < 1.29 is 14.2 Å². The second kappa shape index (κ2) is 6.58. The summed E-state index contributed by atoms with van der Waals surface area (Å²) in [4.78, 5) is 0. The summed E-state index contributed by atoms with van der Waals surface area (Å²) in [6.07, 6.45) is 2.11. The third-order valence-electron chi connectivity index (χ3n) is 2.57. The van der Waals surface area contributed by atoms with Crippen LogP contribution in [-0.2, 0) is 16.0 Å². The van der Waals surface area contributed by atoms with Crippen LogP contribution in [0.25, 0.3) is 0 Å². The Morgan fingerprint density at radius 2 is 2.00 bits per heavy atom. The number of rotatable bonds is 7.